The van der Waals surface area contributed by atoms with Gasteiger partial charge in [-0.2, -0.15) is 0 Å². The van der Waals surface area contributed by atoms with Crippen LogP contribution >= 0.6 is 0 Å². The van der Waals surface area contributed by atoms with E-state index in [4.69, 9.17) is 9.84 Å². The fraction of sp³-hybridized carbons (Fsp3) is 1.00. The molecule has 1 heterocycles. The molecule has 0 aliphatic carbocycles. The molecule has 1 aliphatic rings. The second kappa shape index (κ2) is 4.40. The third-order valence-electron chi connectivity index (χ3n) is 2.92. The summed E-state index contributed by atoms with van der Waals surface area (Å²) in [4.78, 5) is 0. The van der Waals surface area contributed by atoms with Gasteiger partial charge in [-0.25, -0.2) is 0 Å². The number of hydrogen-bond donors (Lipinski definition) is 2. The van der Waals surface area contributed by atoms with Gasteiger partial charge in [0.2, 0.25) is 0 Å². The van der Waals surface area contributed by atoms with Crippen LogP contribution in [0.2, 0.25) is 0 Å². The maximum atomic E-state index is 9.50. The number of aliphatic hydroxyl groups excluding tert-OH is 2. The van der Waals surface area contributed by atoms with Crippen LogP contribution in [0.3, 0.4) is 0 Å². The Kier molecular flexibility index (Phi) is 3.71. The monoisotopic (exact) mass is 188 g/mol. The molecular weight excluding hydrogens is 168 g/mol. The highest BCUT2D eigenvalue weighted by Crippen LogP contribution is 2.32. The van der Waals surface area contributed by atoms with Crippen molar-refractivity contribution in [2.75, 3.05) is 6.61 Å². The lowest BCUT2D eigenvalue weighted by Gasteiger charge is -2.18. The van der Waals surface area contributed by atoms with Crippen molar-refractivity contribution in [3.63, 3.8) is 0 Å². The number of hydrogen-bond acceptors (Lipinski definition) is 3. The molecule has 0 bridgehead atoms. The van der Waals surface area contributed by atoms with Gasteiger partial charge in [-0.05, 0) is 19.3 Å². The van der Waals surface area contributed by atoms with Crippen molar-refractivity contribution in [3.8, 4) is 0 Å². The summed E-state index contributed by atoms with van der Waals surface area (Å²) in [5.74, 6) is 0.579. The minimum atomic E-state index is -0.626. The van der Waals surface area contributed by atoms with Crippen molar-refractivity contribution in [3.05, 3.63) is 0 Å². The lowest BCUT2D eigenvalue weighted by Crippen LogP contribution is -2.29. The van der Waals surface area contributed by atoms with Gasteiger partial charge in [0, 0.05) is 5.92 Å². The molecular formula is C10H20O3. The fourth-order valence-corrected chi connectivity index (χ4v) is 1.93. The van der Waals surface area contributed by atoms with Gasteiger partial charge in [0.25, 0.3) is 0 Å². The fourth-order valence-electron chi connectivity index (χ4n) is 1.93. The Bertz CT molecular complexity index is 158. The van der Waals surface area contributed by atoms with Crippen LogP contribution in [-0.4, -0.2) is 35.1 Å². The van der Waals surface area contributed by atoms with E-state index in [0.29, 0.717) is 5.92 Å². The molecule has 0 amide bonds. The van der Waals surface area contributed by atoms with Crippen molar-refractivity contribution in [2.24, 2.45) is 11.8 Å². The van der Waals surface area contributed by atoms with Gasteiger partial charge in [0.05, 0.1) is 24.9 Å². The highest BCUT2D eigenvalue weighted by Gasteiger charge is 2.37. The van der Waals surface area contributed by atoms with Crippen LogP contribution in [0.4, 0.5) is 0 Å². The molecule has 1 aliphatic heterocycles. The smallest absolute Gasteiger partial charge is 0.0824 e. The second-order valence-corrected chi connectivity index (χ2v) is 4.27. The SMILES string of the molecule is CC(C)C1CC(C(O)CO)C(C)O1. The Morgan fingerprint density at radius 3 is 2.46 bits per heavy atom. The molecule has 3 heteroatoms. The molecule has 1 saturated heterocycles. The van der Waals surface area contributed by atoms with E-state index in [2.05, 4.69) is 13.8 Å². The summed E-state index contributed by atoms with van der Waals surface area (Å²) in [6.45, 7) is 6.03. The Labute approximate surface area is 79.7 Å². The Morgan fingerprint density at radius 1 is 1.46 bits per heavy atom. The Morgan fingerprint density at radius 2 is 2.08 bits per heavy atom. The molecule has 1 rings (SSSR count). The van der Waals surface area contributed by atoms with Gasteiger partial charge in [0.1, 0.15) is 0 Å². The molecule has 0 saturated carbocycles. The third-order valence-corrected chi connectivity index (χ3v) is 2.92. The number of ether oxygens (including phenoxy) is 1. The van der Waals surface area contributed by atoms with Crippen LogP contribution in [0.1, 0.15) is 27.2 Å². The van der Waals surface area contributed by atoms with Crippen molar-refractivity contribution >= 4 is 0 Å². The summed E-state index contributed by atoms with van der Waals surface area (Å²) in [5, 5.41) is 18.3. The molecule has 13 heavy (non-hydrogen) atoms. The van der Waals surface area contributed by atoms with Crippen LogP contribution < -0.4 is 0 Å². The average Bonchev–Trinajstić information content (AvgIpc) is 2.46. The highest BCUT2D eigenvalue weighted by molar-refractivity contribution is 4.85. The number of rotatable bonds is 3. The minimum Gasteiger partial charge on any atom is -0.394 e. The second-order valence-electron chi connectivity index (χ2n) is 4.27. The molecule has 2 N–H and O–H groups in total. The third kappa shape index (κ3) is 2.42. The predicted molar refractivity (Wildman–Crippen MR) is 50.4 cm³/mol. The van der Waals surface area contributed by atoms with Crippen LogP contribution in [0, 0.1) is 11.8 Å². The molecule has 0 aromatic rings. The van der Waals surface area contributed by atoms with Crippen molar-refractivity contribution in [2.45, 2.75) is 45.5 Å². The van der Waals surface area contributed by atoms with E-state index >= 15 is 0 Å². The summed E-state index contributed by atoms with van der Waals surface area (Å²) < 4.78 is 5.69. The van der Waals surface area contributed by atoms with E-state index in [-0.39, 0.29) is 24.7 Å². The molecule has 0 aromatic carbocycles. The molecule has 3 nitrogen and oxygen atoms in total. The molecule has 0 aromatic heterocycles. The first-order valence-electron chi connectivity index (χ1n) is 5.00. The summed E-state index contributed by atoms with van der Waals surface area (Å²) in [7, 11) is 0. The highest BCUT2D eigenvalue weighted by atomic mass is 16.5. The Balaban J connectivity index is 2.51. The van der Waals surface area contributed by atoms with Gasteiger partial charge in [-0.15, -0.1) is 0 Å². The maximum Gasteiger partial charge on any atom is 0.0824 e. The zero-order valence-electron chi connectivity index (χ0n) is 8.60. The van der Waals surface area contributed by atoms with E-state index in [1.807, 2.05) is 6.92 Å². The van der Waals surface area contributed by atoms with Crippen LogP contribution in [0.5, 0.6) is 0 Å². The molecule has 1 fully saturated rings. The average molecular weight is 188 g/mol. The van der Waals surface area contributed by atoms with Crippen molar-refractivity contribution in [1.82, 2.24) is 0 Å². The molecule has 0 spiro atoms. The van der Waals surface area contributed by atoms with Crippen LogP contribution in [0.15, 0.2) is 0 Å². The van der Waals surface area contributed by atoms with Gasteiger partial charge < -0.3 is 14.9 Å². The normalized spacial score (nSPS) is 36.9. The minimum absolute atomic E-state index is 0.0644. The van der Waals surface area contributed by atoms with Gasteiger partial charge in [-0.3, -0.25) is 0 Å². The molecule has 0 radical (unpaired) electrons. The quantitative estimate of drug-likeness (QED) is 0.688. The summed E-state index contributed by atoms with van der Waals surface area (Å²) in [6, 6.07) is 0. The summed E-state index contributed by atoms with van der Waals surface area (Å²) in [6.07, 6.45) is 0.537. The molecule has 4 unspecified atom stereocenters. The van der Waals surface area contributed by atoms with Gasteiger partial charge in [-0.1, -0.05) is 13.8 Å². The molecule has 4 atom stereocenters. The zero-order valence-corrected chi connectivity index (χ0v) is 8.60. The zero-order chi connectivity index (χ0) is 10.0. The van der Waals surface area contributed by atoms with E-state index in [9.17, 15) is 5.11 Å². The van der Waals surface area contributed by atoms with Crippen molar-refractivity contribution in [1.29, 1.82) is 0 Å². The maximum absolute atomic E-state index is 9.50. The summed E-state index contributed by atoms with van der Waals surface area (Å²) >= 11 is 0. The van der Waals surface area contributed by atoms with E-state index in [1.165, 1.54) is 0 Å². The van der Waals surface area contributed by atoms with E-state index in [1.54, 1.807) is 0 Å². The first kappa shape index (κ1) is 11.0. The topological polar surface area (TPSA) is 49.7 Å². The number of aliphatic hydroxyl groups is 2. The van der Waals surface area contributed by atoms with Crippen LogP contribution in [0.25, 0.3) is 0 Å². The standard InChI is InChI=1S/C10H20O3/c1-6(2)10-4-8(7(3)13-10)9(12)5-11/h6-12H,4-5H2,1-3H3. The summed E-state index contributed by atoms with van der Waals surface area (Å²) in [5.41, 5.74) is 0. The largest absolute Gasteiger partial charge is 0.394 e. The van der Waals surface area contributed by atoms with Gasteiger partial charge in [0.15, 0.2) is 0 Å². The van der Waals surface area contributed by atoms with Crippen molar-refractivity contribution < 1.29 is 14.9 Å². The lowest BCUT2D eigenvalue weighted by atomic mass is 9.91. The first-order valence-corrected chi connectivity index (χ1v) is 5.00. The lowest BCUT2D eigenvalue weighted by molar-refractivity contribution is -0.00941. The predicted octanol–water partition coefficient (Wildman–Crippen LogP) is 0.789. The molecule has 78 valence electrons. The van der Waals surface area contributed by atoms with E-state index in [0.717, 1.165) is 6.42 Å². The van der Waals surface area contributed by atoms with E-state index < -0.39 is 6.10 Å². The Hall–Kier alpha value is -0.120. The van der Waals surface area contributed by atoms with Gasteiger partial charge >= 0.3 is 0 Å². The van der Waals surface area contributed by atoms with Crippen LogP contribution in [-0.2, 0) is 4.74 Å². The first-order chi connectivity index (χ1) is 6.06.